The standard InChI is InChI=1S/C26H33ClFN5O3/c1-17-21(27)3-2-4-22(17)30-11-13-31(14-12-30)24(35)16-33-23-6-5-18(28)15-20(23)25(29-33)26(36)32-9-7-19(34)8-10-32/h2-4,18-19,34H,5-16H2,1H3. The van der Waals surface area contributed by atoms with Crippen molar-refractivity contribution in [3.05, 3.63) is 45.7 Å². The third kappa shape index (κ3) is 4.95. The molecule has 0 radical (unpaired) electrons. The number of likely N-dealkylation sites (tertiary alicyclic amines) is 1. The third-order valence-corrected chi connectivity index (χ3v) is 8.15. The Kier molecular flexibility index (Phi) is 7.21. The number of hydrogen-bond acceptors (Lipinski definition) is 5. The van der Waals surface area contributed by atoms with Gasteiger partial charge in [-0.2, -0.15) is 5.10 Å². The number of carbonyl (C=O) groups is 2. The molecule has 1 aromatic carbocycles. The number of piperidine rings is 1. The van der Waals surface area contributed by atoms with Crippen molar-refractivity contribution in [3.63, 3.8) is 0 Å². The highest BCUT2D eigenvalue weighted by Gasteiger charge is 2.33. The lowest BCUT2D eigenvalue weighted by atomic mass is 9.93. The summed E-state index contributed by atoms with van der Waals surface area (Å²) in [4.78, 5) is 32.2. The van der Waals surface area contributed by atoms with Gasteiger partial charge >= 0.3 is 0 Å². The van der Waals surface area contributed by atoms with Crippen molar-refractivity contribution < 1.29 is 19.1 Å². The number of piperazine rings is 1. The molecule has 8 nitrogen and oxygen atoms in total. The van der Waals surface area contributed by atoms with Crippen LogP contribution in [0.4, 0.5) is 10.1 Å². The van der Waals surface area contributed by atoms with Gasteiger partial charge in [0.2, 0.25) is 5.91 Å². The van der Waals surface area contributed by atoms with E-state index in [1.54, 1.807) is 9.58 Å². The van der Waals surface area contributed by atoms with E-state index in [0.29, 0.717) is 70.5 Å². The summed E-state index contributed by atoms with van der Waals surface area (Å²) in [7, 11) is 0. The molecule has 3 aliphatic rings. The van der Waals surface area contributed by atoms with Crippen LogP contribution < -0.4 is 4.90 Å². The van der Waals surface area contributed by atoms with E-state index in [1.807, 2.05) is 24.0 Å². The van der Waals surface area contributed by atoms with Gasteiger partial charge in [0.05, 0.1) is 6.10 Å². The molecule has 10 heteroatoms. The molecule has 1 aromatic heterocycles. The molecule has 1 unspecified atom stereocenters. The van der Waals surface area contributed by atoms with E-state index < -0.39 is 12.3 Å². The highest BCUT2D eigenvalue weighted by Crippen LogP contribution is 2.29. The number of aliphatic hydroxyl groups is 1. The Bertz CT molecular complexity index is 1140. The molecule has 0 bridgehead atoms. The van der Waals surface area contributed by atoms with Gasteiger partial charge in [-0.25, -0.2) is 4.39 Å². The van der Waals surface area contributed by atoms with Crippen molar-refractivity contribution in [2.24, 2.45) is 0 Å². The van der Waals surface area contributed by atoms with Crippen LogP contribution in [0.1, 0.15) is 46.6 Å². The Morgan fingerprint density at radius 1 is 1.08 bits per heavy atom. The number of carbonyl (C=O) groups excluding carboxylic acids is 2. The largest absolute Gasteiger partial charge is 0.393 e. The highest BCUT2D eigenvalue weighted by atomic mass is 35.5. The number of halogens is 2. The molecular weight excluding hydrogens is 485 g/mol. The van der Waals surface area contributed by atoms with Crippen LogP contribution >= 0.6 is 11.6 Å². The lowest BCUT2D eigenvalue weighted by Gasteiger charge is -2.37. The molecule has 1 N–H and O–H groups in total. The number of fused-ring (bicyclic) bond motifs is 1. The first kappa shape index (κ1) is 25.0. The van der Waals surface area contributed by atoms with Crippen LogP contribution in [-0.4, -0.2) is 88.0 Å². The summed E-state index contributed by atoms with van der Waals surface area (Å²) in [5.74, 6) is -0.283. The van der Waals surface area contributed by atoms with Crippen LogP contribution in [0, 0.1) is 6.92 Å². The summed E-state index contributed by atoms with van der Waals surface area (Å²) < 4.78 is 15.9. The van der Waals surface area contributed by atoms with Gasteiger partial charge in [-0.05, 0) is 50.3 Å². The number of aliphatic hydroxyl groups excluding tert-OH is 1. The zero-order valence-corrected chi connectivity index (χ0v) is 21.4. The first-order chi connectivity index (χ1) is 17.3. The maximum absolute atomic E-state index is 14.3. The Balaban J connectivity index is 1.28. The van der Waals surface area contributed by atoms with Crippen molar-refractivity contribution in [2.75, 3.05) is 44.2 Å². The van der Waals surface area contributed by atoms with Crippen molar-refractivity contribution >= 4 is 29.1 Å². The number of alkyl halides is 1. The smallest absolute Gasteiger partial charge is 0.274 e. The summed E-state index contributed by atoms with van der Waals surface area (Å²) in [6.07, 6.45) is 0.636. The number of nitrogens with zero attached hydrogens (tertiary/aromatic N) is 5. The maximum atomic E-state index is 14.3. The molecule has 0 saturated carbocycles. The normalized spacial score (nSPS) is 21.0. The molecule has 1 aliphatic carbocycles. The predicted octanol–water partition coefficient (Wildman–Crippen LogP) is 2.62. The third-order valence-electron chi connectivity index (χ3n) is 7.74. The quantitative estimate of drug-likeness (QED) is 0.674. The second kappa shape index (κ2) is 10.4. The minimum atomic E-state index is -1.01. The number of amides is 2. The molecule has 2 fully saturated rings. The van der Waals surface area contributed by atoms with Crippen LogP contribution in [0.25, 0.3) is 0 Å². The fourth-order valence-corrected chi connectivity index (χ4v) is 5.70. The van der Waals surface area contributed by atoms with E-state index in [-0.39, 0.29) is 30.5 Å². The SMILES string of the molecule is Cc1c(Cl)cccc1N1CCN(C(=O)Cn2nc(C(=O)N3CCC(O)CC3)c3c2CCC(F)C3)CC1. The number of anilines is 1. The van der Waals surface area contributed by atoms with Gasteiger partial charge in [0.1, 0.15) is 12.7 Å². The second-order valence-corrected chi connectivity index (χ2v) is 10.5. The molecule has 2 aliphatic heterocycles. The molecule has 194 valence electrons. The van der Waals surface area contributed by atoms with Crippen molar-refractivity contribution in [3.8, 4) is 0 Å². The lowest BCUT2D eigenvalue weighted by molar-refractivity contribution is -0.132. The minimum Gasteiger partial charge on any atom is -0.393 e. The van der Waals surface area contributed by atoms with Gasteiger partial charge in [-0.1, -0.05) is 17.7 Å². The van der Waals surface area contributed by atoms with E-state index in [4.69, 9.17) is 11.6 Å². The van der Waals surface area contributed by atoms with E-state index in [0.717, 1.165) is 22.0 Å². The zero-order valence-electron chi connectivity index (χ0n) is 20.6. The van der Waals surface area contributed by atoms with Crippen LogP contribution in [0.3, 0.4) is 0 Å². The van der Waals surface area contributed by atoms with Gasteiger partial charge in [0.15, 0.2) is 5.69 Å². The first-order valence-electron chi connectivity index (χ1n) is 12.8. The fourth-order valence-electron chi connectivity index (χ4n) is 5.53. The molecule has 1 atom stereocenters. The molecule has 3 heterocycles. The molecule has 2 saturated heterocycles. The Hall–Kier alpha value is -2.65. The number of aromatic nitrogens is 2. The first-order valence-corrected chi connectivity index (χ1v) is 13.2. The zero-order chi connectivity index (χ0) is 25.4. The molecule has 2 aromatic rings. The summed E-state index contributed by atoms with van der Waals surface area (Å²) in [5, 5.41) is 15.1. The maximum Gasteiger partial charge on any atom is 0.274 e. The summed E-state index contributed by atoms with van der Waals surface area (Å²) in [6, 6.07) is 5.87. The van der Waals surface area contributed by atoms with Crippen LogP contribution in [-0.2, 0) is 24.2 Å². The Morgan fingerprint density at radius 3 is 2.53 bits per heavy atom. The Morgan fingerprint density at radius 2 is 1.81 bits per heavy atom. The van der Waals surface area contributed by atoms with Crippen LogP contribution in [0.15, 0.2) is 18.2 Å². The summed E-state index contributed by atoms with van der Waals surface area (Å²) >= 11 is 6.29. The van der Waals surface area contributed by atoms with Gasteiger partial charge in [0.25, 0.3) is 5.91 Å². The topological polar surface area (TPSA) is 81.9 Å². The Labute approximate surface area is 215 Å². The average Bonchev–Trinajstić information content (AvgIpc) is 3.23. The van der Waals surface area contributed by atoms with E-state index >= 15 is 0 Å². The molecule has 36 heavy (non-hydrogen) atoms. The minimum absolute atomic E-state index is 0.0431. The van der Waals surface area contributed by atoms with Gasteiger partial charge in [0, 0.05) is 67.7 Å². The summed E-state index contributed by atoms with van der Waals surface area (Å²) in [5.41, 5.74) is 3.82. The van der Waals surface area contributed by atoms with Crippen LogP contribution in [0.5, 0.6) is 0 Å². The molecule has 5 rings (SSSR count). The predicted molar refractivity (Wildman–Crippen MR) is 135 cm³/mol. The number of rotatable bonds is 4. The van der Waals surface area contributed by atoms with Gasteiger partial charge in [-0.15, -0.1) is 0 Å². The van der Waals surface area contributed by atoms with Gasteiger partial charge in [-0.3, -0.25) is 14.3 Å². The van der Waals surface area contributed by atoms with Crippen molar-refractivity contribution in [1.82, 2.24) is 19.6 Å². The number of benzene rings is 1. The van der Waals surface area contributed by atoms with Crippen LogP contribution in [0.2, 0.25) is 5.02 Å². The second-order valence-electron chi connectivity index (χ2n) is 10.0. The summed E-state index contributed by atoms with van der Waals surface area (Å²) in [6.45, 7) is 5.54. The van der Waals surface area contributed by atoms with E-state index in [2.05, 4.69) is 16.1 Å². The molecule has 0 spiro atoms. The fraction of sp³-hybridized carbons (Fsp3) is 0.577. The van der Waals surface area contributed by atoms with Gasteiger partial charge < -0.3 is 19.8 Å². The molecular formula is C26H33ClFN5O3. The average molecular weight is 518 g/mol. The van der Waals surface area contributed by atoms with E-state index in [9.17, 15) is 19.1 Å². The number of hydrogen-bond donors (Lipinski definition) is 1. The lowest BCUT2D eigenvalue weighted by Crippen LogP contribution is -2.50. The highest BCUT2D eigenvalue weighted by molar-refractivity contribution is 6.31. The molecule has 2 amide bonds. The van der Waals surface area contributed by atoms with E-state index in [1.165, 1.54) is 0 Å². The van der Waals surface area contributed by atoms with Crippen molar-refractivity contribution in [2.45, 2.75) is 57.8 Å². The van der Waals surface area contributed by atoms with Crippen molar-refractivity contribution in [1.29, 1.82) is 0 Å². The monoisotopic (exact) mass is 517 g/mol.